The van der Waals surface area contributed by atoms with Gasteiger partial charge < -0.3 is 14.8 Å². The van der Waals surface area contributed by atoms with Crippen molar-refractivity contribution in [2.24, 2.45) is 0 Å². The third kappa shape index (κ3) is 2.17. The average Bonchev–Trinajstić information content (AvgIpc) is 2.27. The highest BCUT2D eigenvalue weighted by Crippen LogP contribution is 2.28. The number of ether oxygens (including phenoxy) is 2. The zero-order valence-electron chi connectivity index (χ0n) is 9.13. The molecule has 1 rings (SSSR count). The summed E-state index contributed by atoms with van der Waals surface area (Å²) in [6.07, 6.45) is 0. The molecule has 0 amide bonds. The van der Waals surface area contributed by atoms with Crippen molar-refractivity contribution in [1.29, 1.82) is 0 Å². The summed E-state index contributed by atoms with van der Waals surface area (Å²) < 4.78 is 10.4. The number of hydrogen-bond donors (Lipinski definition) is 1. The fraction of sp³-hybridized carbons (Fsp3) is 0.455. The van der Waals surface area contributed by atoms with E-state index in [1.807, 2.05) is 25.2 Å². The van der Waals surface area contributed by atoms with Gasteiger partial charge in [-0.3, -0.25) is 0 Å². The molecule has 1 aromatic carbocycles. The van der Waals surface area contributed by atoms with Gasteiger partial charge in [0.05, 0.1) is 14.2 Å². The first-order valence-corrected chi connectivity index (χ1v) is 4.62. The van der Waals surface area contributed by atoms with Crippen molar-refractivity contribution >= 4 is 0 Å². The Labute approximate surface area is 85.0 Å². The Hall–Kier alpha value is -1.22. The number of methoxy groups -OCH3 is 2. The van der Waals surface area contributed by atoms with Gasteiger partial charge in [-0.25, -0.2) is 0 Å². The van der Waals surface area contributed by atoms with Gasteiger partial charge >= 0.3 is 0 Å². The first kappa shape index (κ1) is 10.9. The normalized spacial score (nSPS) is 12.3. The summed E-state index contributed by atoms with van der Waals surface area (Å²) in [7, 11) is 5.26. The van der Waals surface area contributed by atoms with Crippen LogP contribution in [0.1, 0.15) is 18.5 Å². The molecular formula is C11H17NO2. The molecule has 0 saturated carbocycles. The molecule has 0 aliphatic heterocycles. The van der Waals surface area contributed by atoms with Gasteiger partial charge in [-0.2, -0.15) is 0 Å². The topological polar surface area (TPSA) is 30.5 Å². The van der Waals surface area contributed by atoms with Gasteiger partial charge in [0.15, 0.2) is 0 Å². The second-order valence-electron chi connectivity index (χ2n) is 3.12. The third-order valence-corrected chi connectivity index (χ3v) is 2.34. The minimum atomic E-state index is 0.250. The van der Waals surface area contributed by atoms with E-state index in [-0.39, 0.29) is 6.04 Å². The number of nitrogens with one attached hydrogen (secondary N) is 1. The molecule has 0 radical (unpaired) electrons. The predicted octanol–water partition coefficient (Wildman–Crippen LogP) is 1.98. The first-order valence-electron chi connectivity index (χ1n) is 4.62. The zero-order valence-corrected chi connectivity index (χ0v) is 9.13. The molecule has 0 aliphatic carbocycles. The van der Waals surface area contributed by atoms with Crippen LogP contribution < -0.4 is 14.8 Å². The molecule has 78 valence electrons. The van der Waals surface area contributed by atoms with E-state index in [1.54, 1.807) is 14.2 Å². The SMILES string of the molecule is CN[C@H](C)c1cc(OC)ccc1OC. The van der Waals surface area contributed by atoms with Gasteiger partial charge in [-0.15, -0.1) is 0 Å². The standard InChI is InChI=1S/C11H17NO2/c1-8(12-2)10-7-9(13-3)5-6-11(10)14-4/h5-8,12H,1-4H3/t8-/m1/s1. The molecule has 0 aliphatic rings. The van der Waals surface area contributed by atoms with Crippen molar-refractivity contribution in [2.75, 3.05) is 21.3 Å². The summed E-state index contributed by atoms with van der Waals surface area (Å²) >= 11 is 0. The highest BCUT2D eigenvalue weighted by atomic mass is 16.5. The molecule has 14 heavy (non-hydrogen) atoms. The maximum atomic E-state index is 5.27. The van der Waals surface area contributed by atoms with Gasteiger partial charge in [0.25, 0.3) is 0 Å². The van der Waals surface area contributed by atoms with E-state index in [2.05, 4.69) is 12.2 Å². The molecule has 0 heterocycles. The van der Waals surface area contributed by atoms with E-state index in [4.69, 9.17) is 9.47 Å². The average molecular weight is 195 g/mol. The van der Waals surface area contributed by atoms with E-state index in [9.17, 15) is 0 Å². The Morgan fingerprint density at radius 1 is 1.21 bits per heavy atom. The van der Waals surface area contributed by atoms with Crippen LogP contribution in [0.15, 0.2) is 18.2 Å². The van der Waals surface area contributed by atoms with E-state index in [1.165, 1.54) is 0 Å². The Balaban J connectivity index is 3.08. The largest absolute Gasteiger partial charge is 0.497 e. The second kappa shape index (κ2) is 4.86. The lowest BCUT2D eigenvalue weighted by Gasteiger charge is -2.15. The molecule has 0 unspecified atom stereocenters. The van der Waals surface area contributed by atoms with Crippen LogP contribution >= 0.6 is 0 Å². The van der Waals surface area contributed by atoms with Crippen LogP contribution in [0.5, 0.6) is 11.5 Å². The molecule has 0 bridgehead atoms. The Morgan fingerprint density at radius 2 is 1.93 bits per heavy atom. The summed E-state index contributed by atoms with van der Waals surface area (Å²) in [5.74, 6) is 1.73. The quantitative estimate of drug-likeness (QED) is 0.797. The van der Waals surface area contributed by atoms with Crippen LogP contribution in [0.2, 0.25) is 0 Å². The third-order valence-electron chi connectivity index (χ3n) is 2.34. The van der Waals surface area contributed by atoms with Crippen LogP contribution in [-0.4, -0.2) is 21.3 Å². The minimum absolute atomic E-state index is 0.250. The lowest BCUT2D eigenvalue weighted by Crippen LogP contribution is -2.13. The molecule has 0 aromatic heterocycles. The molecule has 0 fully saturated rings. The van der Waals surface area contributed by atoms with Crippen LogP contribution in [0, 0.1) is 0 Å². The maximum absolute atomic E-state index is 5.27. The van der Waals surface area contributed by atoms with E-state index in [0.29, 0.717) is 0 Å². The van der Waals surface area contributed by atoms with Gasteiger partial charge in [0.1, 0.15) is 11.5 Å². The van der Waals surface area contributed by atoms with Crippen molar-refractivity contribution in [3.8, 4) is 11.5 Å². The van der Waals surface area contributed by atoms with Crippen LogP contribution in [0.4, 0.5) is 0 Å². The summed E-state index contributed by atoms with van der Waals surface area (Å²) in [5, 5.41) is 3.17. The van der Waals surface area contributed by atoms with Crippen molar-refractivity contribution in [3.63, 3.8) is 0 Å². The summed E-state index contributed by atoms with van der Waals surface area (Å²) in [4.78, 5) is 0. The minimum Gasteiger partial charge on any atom is -0.497 e. The Morgan fingerprint density at radius 3 is 2.43 bits per heavy atom. The Kier molecular flexibility index (Phi) is 3.77. The monoisotopic (exact) mass is 195 g/mol. The smallest absolute Gasteiger partial charge is 0.123 e. The molecule has 1 aromatic rings. The van der Waals surface area contributed by atoms with Crippen LogP contribution in [0.25, 0.3) is 0 Å². The Bertz CT molecular complexity index is 299. The maximum Gasteiger partial charge on any atom is 0.123 e. The summed E-state index contributed by atoms with van der Waals surface area (Å²) in [5.41, 5.74) is 1.11. The molecule has 1 N–H and O–H groups in total. The second-order valence-corrected chi connectivity index (χ2v) is 3.12. The molecule has 0 spiro atoms. The lowest BCUT2D eigenvalue weighted by atomic mass is 10.1. The molecule has 3 nitrogen and oxygen atoms in total. The van der Waals surface area contributed by atoms with Crippen molar-refractivity contribution in [2.45, 2.75) is 13.0 Å². The van der Waals surface area contributed by atoms with Crippen molar-refractivity contribution in [1.82, 2.24) is 5.32 Å². The fourth-order valence-electron chi connectivity index (χ4n) is 1.33. The zero-order chi connectivity index (χ0) is 10.6. The van der Waals surface area contributed by atoms with Crippen LogP contribution in [-0.2, 0) is 0 Å². The van der Waals surface area contributed by atoms with E-state index in [0.717, 1.165) is 17.1 Å². The van der Waals surface area contributed by atoms with E-state index < -0.39 is 0 Å². The summed E-state index contributed by atoms with van der Waals surface area (Å²) in [6.45, 7) is 2.08. The number of rotatable bonds is 4. The number of benzene rings is 1. The van der Waals surface area contributed by atoms with Crippen molar-refractivity contribution < 1.29 is 9.47 Å². The lowest BCUT2D eigenvalue weighted by molar-refractivity contribution is 0.393. The molecular weight excluding hydrogens is 178 g/mol. The molecule has 3 heteroatoms. The highest BCUT2D eigenvalue weighted by molar-refractivity contribution is 5.41. The van der Waals surface area contributed by atoms with Gasteiger partial charge in [-0.05, 0) is 32.2 Å². The summed E-state index contributed by atoms with van der Waals surface area (Å²) in [6, 6.07) is 6.05. The number of hydrogen-bond acceptors (Lipinski definition) is 3. The predicted molar refractivity (Wildman–Crippen MR) is 57.0 cm³/mol. The van der Waals surface area contributed by atoms with Crippen molar-refractivity contribution in [3.05, 3.63) is 23.8 Å². The van der Waals surface area contributed by atoms with Crippen LogP contribution in [0.3, 0.4) is 0 Å². The van der Waals surface area contributed by atoms with Gasteiger partial charge in [0.2, 0.25) is 0 Å². The van der Waals surface area contributed by atoms with Gasteiger partial charge in [0, 0.05) is 11.6 Å². The molecule has 1 atom stereocenters. The molecule has 0 saturated heterocycles. The fourth-order valence-corrected chi connectivity index (χ4v) is 1.33. The van der Waals surface area contributed by atoms with E-state index >= 15 is 0 Å². The highest BCUT2D eigenvalue weighted by Gasteiger charge is 2.10. The first-order chi connectivity index (χ1) is 6.72. The van der Waals surface area contributed by atoms with Gasteiger partial charge in [-0.1, -0.05) is 0 Å².